The fraction of sp³-hybridized carbons (Fsp3) is 0.400. The lowest BCUT2D eigenvalue weighted by Gasteiger charge is -2.29. The van der Waals surface area contributed by atoms with Gasteiger partial charge in [0.05, 0.1) is 10.7 Å². The monoisotopic (exact) mass is 232 g/mol. The third-order valence-electron chi connectivity index (χ3n) is 2.47. The van der Waals surface area contributed by atoms with Crippen LogP contribution in [0.4, 0.5) is 14.5 Å². The van der Waals surface area contributed by atoms with Gasteiger partial charge in [0, 0.05) is 26.2 Å². The lowest BCUT2D eigenvalue weighted by molar-refractivity contribution is 0.499. The summed E-state index contributed by atoms with van der Waals surface area (Å²) in [6.07, 6.45) is 0. The van der Waals surface area contributed by atoms with Crippen LogP contribution in [0.15, 0.2) is 12.1 Å². The van der Waals surface area contributed by atoms with Crippen LogP contribution in [-0.2, 0) is 0 Å². The van der Waals surface area contributed by atoms with Crippen LogP contribution in [0.5, 0.6) is 0 Å². The number of nitrogens with one attached hydrogen (secondary N) is 1. The number of nitrogens with zero attached hydrogens (tertiary/aromatic N) is 1. The first-order chi connectivity index (χ1) is 7.20. The first kappa shape index (κ1) is 10.6. The Morgan fingerprint density at radius 1 is 1.13 bits per heavy atom. The molecule has 1 aromatic carbocycles. The van der Waals surface area contributed by atoms with Crippen molar-refractivity contribution in [1.29, 1.82) is 0 Å². The van der Waals surface area contributed by atoms with Crippen LogP contribution in [-0.4, -0.2) is 26.2 Å². The Hall–Kier alpha value is -0.870. The van der Waals surface area contributed by atoms with Crippen LogP contribution in [0.3, 0.4) is 0 Å². The van der Waals surface area contributed by atoms with Crippen molar-refractivity contribution in [2.75, 3.05) is 31.1 Å². The Morgan fingerprint density at radius 3 is 2.47 bits per heavy atom. The molecule has 0 aliphatic carbocycles. The molecule has 1 aliphatic rings. The Bertz CT molecular complexity index is 365. The summed E-state index contributed by atoms with van der Waals surface area (Å²) in [4.78, 5) is 1.81. The summed E-state index contributed by atoms with van der Waals surface area (Å²) in [5.74, 6) is -1.82. The van der Waals surface area contributed by atoms with E-state index in [0.717, 1.165) is 13.1 Å². The third-order valence-corrected chi connectivity index (χ3v) is 2.76. The van der Waals surface area contributed by atoms with Crippen molar-refractivity contribution in [2.24, 2.45) is 0 Å². The van der Waals surface area contributed by atoms with Crippen LogP contribution in [0.2, 0.25) is 5.02 Å². The van der Waals surface area contributed by atoms with Gasteiger partial charge in [-0.25, -0.2) is 8.78 Å². The van der Waals surface area contributed by atoms with Gasteiger partial charge in [-0.05, 0) is 12.1 Å². The maximum Gasteiger partial charge on any atom is 0.183 e. The quantitative estimate of drug-likeness (QED) is 0.746. The molecule has 0 spiro atoms. The van der Waals surface area contributed by atoms with Crippen LogP contribution >= 0.6 is 11.6 Å². The van der Waals surface area contributed by atoms with E-state index in [0.29, 0.717) is 18.8 Å². The van der Waals surface area contributed by atoms with E-state index in [1.807, 2.05) is 4.90 Å². The molecular formula is C10H11ClF2N2. The summed E-state index contributed by atoms with van der Waals surface area (Å²) < 4.78 is 26.7. The Balaban J connectivity index is 2.31. The molecule has 1 heterocycles. The highest BCUT2D eigenvalue weighted by Gasteiger charge is 2.18. The van der Waals surface area contributed by atoms with E-state index in [1.165, 1.54) is 12.1 Å². The minimum Gasteiger partial charge on any atom is -0.367 e. The molecule has 0 amide bonds. The molecule has 1 aromatic rings. The Labute approximate surface area is 91.8 Å². The second-order valence-electron chi connectivity index (χ2n) is 3.43. The van der Waals surface area contributed by atoms with Crippen molar-refractivity contribution in [3.8, 4) is 0 Å². The van der Waals surface area contributed by atoms with Crippen molar-refractivity contribution in [3.05, 3.63) is 28.8 Å². The fourth-order valence-electron chi connectivity index (χ4n) is 1.67. The summed E-state index contributed by atoms with van der Waals surface area (Å²) in [6, 6.07) is 2.91. The smallest absolute Gasteiger partial charge is 0.183 e. The van der Waals surface area contributed by atoms with Crippen molar-refractivity contribution in [2.45, 2.75) is 0 Å². The normalized spacial score (nSPS) is 16.9. The van der Waals surface area contributed by atoms with Crippen molar-refractivity contribution in [1.82, 2.24) is 5.32 Å². The van der Waals surface area contributed by atoms with E-state index in [4.69, 9.17) is 11.6 Å². The van der Waals surface area contributed by atoms with E-state index in [-0.39, 0.29) is 5.02 Å². The maximum absolute atomic E-state index is 13.5. The average Bonchev–Trinajstić information content (AvgIpc) is 2.27. The van der Waals surface area contributed by atoms with Crippen molar-refractivity contribution < 1.29 is 8.78 Å². The lowest BCUT2D eigenvalue weighted by Crippen LogP contribution is -2.44. The number of piperazine rings is 1. The zero-order valence-electron chi connectivity index (χ0n) is 8.06. The van der Waals surface area contributed by atoms with Gasteiger partial charge < -0.3 is 10.2 Å². The highest BCUT2D eigenvalue weighted by Crippen LogP contribution is 2.26. The largest absolute Gasteiger partial charge is 0.367 e. The standard InChI is InChI=1S/C10H11ClF2N2/c11-7-1-2-8(10(13)9(7)12)15-5-3-14-4-6-15/h1-2,14H,3-6H2. The Morgan fingerprint density at radius 2 is 1.80 bits per heavy atom. The first-order valence-corrected chi connectivity index (χ1v) is 5.17. The maximum atomic E-state index is 13.5. The number of rotatable bonds is 1. The molecular weight excluding hydrogens is 222 g/mol. The second-order valence-corrected chi connectivity index (χ2v) is 3.84. The zero-order valence-corrected chi connectivity index (χ0v) is 8.82. The highest BCUT2D eigenvalue weighted by atomic mass is 35.5. The molecule has 0 saturated carbocycles. The molecule has 0 bridgehead atoms. The number of benzene rings is 1. The summed E-state index contributed by atoms with van der Waals surface area (Å²) in [5, 5.41) is 2.97. The topological polar surface area (TPSA) is 15.3 Å². The molecule has 5 heteroatoms. The van der Waals surface area contributed by atoms with Crippen LogP contribution in [0.25, 0.3) is 0 Å². The van der Waals surface area contributed by atoms with Gasteiger partial charge in [-0.1, -0.05) is 11.6 Å². The summed E-state index contributed by atoms with van der Waals surface area (Å²) in [5.41, 5.74) is 0.290. The molecule has 82 valence electrons. The van der Waals surface area contributed by atoms with Gasteiger partial charge in [-0.3, -0.25) is 0 Å². The van der Waals surface area contributed by atoms with E-state index < -0.39 is 11.6 Å². The van der Waals surface area contributed by atoms with Crippen LogP contribution in [0.1, 0.15) is 0 Å². The third kappa shape index (κ3) is 2.06. The van der Waals surface area contributed by atoms with Crippen LogP contribution < -0.4 is 10.2 Å². The molecule has 15 heavy (non-hydrogen) atoms. The predicted molar refractivity (Wildman–Crippen MR) is 56.5 cm³/mol. The molecule has 0 unspecified atom stereocenters. The number of halogens is 3. The molecule has 1 N–H and O–H groups in total. The molecule has 0 aromatic heterocycles. The van der Waals surface area contributed by atoms with E-state index in [9.17, 15) is 8.78 Å². The van der Waals surface area contributed by atoms with Crippen molar-refractivity contribution >= 4 is 17.3 Å². The number of hydrogen-bond acceptors (Lipinski definition) is 2. The molecule has 0 radical (unpaired) electrons. The minimum absolute atomic E-state index is 0.175. The van der Waals surface area contributed by atoms with E-state index >= 15 is 0 Å². The molecule has 2 nitrogen and oxygen atoms in total. The molecule has 1 aliphatic heterocycles. The van der Waals surface area contributed by atoms with Gasteiger partial charge in [-0.15, -0.1) is 0 Å². The molecule has 1 saturated heterocycles. The minimum atomic E-state index is -0.965. The van der Waals surface area contributed by atoms with Gasteiger partial charge in [-0.2, -0.15) is 0 Å². The lowest BCUT2D eigenvalue weighted by atomic mass is 10.2. The average molecular weight is 233 g/mol. The zero-order chi connectivity index (χ0) is 10.8. The molecule has 1 fully saturated rings. The molecule has 0 atom stereocenters. The van der Waals surface area contributed by atoms with E-state index in [2.05, 4.69) is 5.32 Å². The van der Waals surface area contributed by atoms with Crippen LogP contribution in [0, 0.1) is 11.6 Å². The van der Waals surface area contributed by atoms with Gasteiger partial charge in [0.15, 0.2) is 11.6 Å². The second kappa shape index (κ2) is 4.33. The van der Waals surface area contributed by atoms with Gasteiger partial charge in [0.2, 0.25) is 0 Å². The van der Waals surface area contributed by atoms with Gasteiger partial charge in [0.1, 0.15) is 0 Å². The van der Waals surface area contributed by atoms with Gasteiger partial charge >= 0.3 is 0 Å². The SMILES string of the molecule is Fc1c(Cl)ccc(N2CCNCC2)c1F. The predicted octanol–water partition coefficient (Wildman–Crippen LogP) is 2.03. The van der Waals surface area contributed by atoms with Gasteiger partial charge in [0.25, 0.3) is 0 Å². The summed E-state index contributed by atoms with van der Waals surface area (Å²) >= 11 is 5.48. The summed E-state index contributed by atoms with van der Waals surface area (Å²) in [6.45, 7) is 2.92. The highest BCUT2D eigenvalue weighted by molar-refractivity contribution is 6.30. The molecule has 2 rings (SSSR count). The number of anilines is 1. The number of hydrogen-bond donors (Lipinski definition) is 1. The summed E-state index contributed by atoms with van der Waals surface area (Å²) in [7, 11) is 0. The first-order valence-electron chi connectivity index (χ1n) is 4.79. The van der Waals surface area contributed by atoms with E-state index in [1.54, 1.807) is 0 Å². The fourth-order valence-corrected chi connectivity index (χ4v) is 1.81. The van der Waals surface area contributed by atoms with Crippen molar-refractivity contribution in [3.63, 3.8) is 0 Å². The Kier molecular flexibility index (Phi) is 3.07.